The van der Waals surface area contributed by atoms with Crippen molar-refractivity contribution in [3.8, 4) is 0 Å². The second-order valence-electron chi connectivity index (χ2n) is 10.2. The van der Waals surface area contributed by atoms with Crippen LogP contribution in [0.15, 0.2) is 59.8 Å². The van der Waals surface area contributed by atoms with Crippen LogP contribution in [0.2, 0.25) is 0 Å². The van der Waals surface area contributed by atoms with E-state index in [0.29, 0.717) is 24.1 Å². The van der Waals surface area contributed by atoms with E-state index < -0.39 is 6.04 Å². The number of morpholine rings is 1. The Morgan fingerprint density at radius 2 is 1.65 bits per heavy atom. The fourth-order valence-electron chi connectivity index (χ4n) is 4.69. The SMILES string of the molecule is Cc1cc(C)nc(SCC(=O)N(Cc2ccc(F)cc2)C(C(=O)Nc2ccc(N3CCOCC3)cc2)C(C)C)n1. The van der Waals surface area contributed by atoms with Gasteiger partial charge in [0, 0.05) is 42.4 Å². The monoisotopic (exact) mass is 565 g/mol. The second kappa shape index (κ2) is 13.7. The third kappa shape index (κ3) is 8.02. The van der Waals surface area contributed by atoms with Crippen molar-refractivity contribution in [2.45, 2.75) is 45.4 Å². The van der Waals surface area contributed by atoms with Crippen LogP contribution in [0.3, 0.4) is 0 Å². The molecule has 1 aliphatic heterocycles. The van der Waals surface area contributed by atoms with Gasteiger partial charge in [0.2, 0.25) is 11.8 Å². The van der Waals surface area contributed by atoms with Gasteiger partial charge in [0.05, 0.1) is 19.0 Å². The Balaban J connectivity index is 1.52. The molecule has 0 radical (unpaired) electrons. The molecule has 2 amide bonds. The van der Waals surface area contributed by atoms with Crippen LogP contribution in [0.1, 0.15) is 30.8 Å². The van der Waals surface area contributed by atoms with Crippen molar-refractivity contribution in [2.24, 2.45) is 5.92 Å². The van der Waals surface area contributed by atoms with Crippen LogP contribution in [0.5, 0.6) is 0 Å². The Bertz CT molecular complexity index is 1280. The molecule has 0 saturated carbocycles. The predicted octanol–water partition coefficient (Wildman–Crippen LogP) is 4.85. The maximum absolute atomic E-state index is 13.7. The molecule has 1 atom stereocenters. The summed E-state index contributed by atoms with van der Waals surface area (Å²) in [5.74, 6) is -0.984. The van der Waals surface area contributed by atoms with E-state index >= 15 is 0 Å². The van der Waals surface area contributed by atoms with E-state index in [-0.39, 0.29) is 35.8 Å². The molecule has 212 valence electrons. The third-order valence-electron chi connectivity index (χ3n) is 6.62. The summed E-state index contributed by atoms with van der Waals surface area (Å²) in [7, 11) is 0. The highest BCUT2D eigenvalue weighted by Crippen LogP contribution is 2.23. The van der Waals surface area contributed by atoms with E-state index in [1.807, 2.05) is 58.0 Å². The zero-order chi connectivity index (χ0) is 28.6. The van der Waals surface area contributed by atoms with Crippen molar-refractivity contribution in [3.05, 3.63) is 77.4 Å². The zero-order valence-electron chi connectivity index (χ0n) is 23.4. The summed E-state index contributed by atoms with van der Waals surface area (Å²) in [6, 6.07) is 14.8. The number of carbonyl (C=O) groups is 2. The van der Waals surface area contributed by atoms with Gasteiger partial charge in [0.25, 0.3) is 0 Å². The number of nitrogens with zero attached hydrogens (tertiary/aromatic N) is 4. The molecule has 1 aromatic heterocycles. The summed E-state index contributed by atoms with van der Waals surface area (Å²) in [5, 5.41) is 3.52. The molecular formula is C30H36FN5O3S. The van der Waals surface area contributed by atoms with E-state index in [0.717, 1.165) is 35.7 Å². The standard InChI is InChI=1S/C30H36FN5O3S/c1-20(2)28(29(38)34-25-9-11-26(12-10-25)35-13-15-39-16-14-35)36(18-23-5-7-24(31)8-6-23)27(37)19-40-30-32-21(3)17-22(4)33-30/h5-12,17,20,28H,13-16,18-19H2,1-4H3,(H,34,38). The number of nitrogens with one attached hydrogen (secondary N) is 1. The summed E-state index contributed by atoms with van der Waals surface area (Å²) >= 11 is 1.24. The van der Waals surface area contributed by atoms with Gasteiger partial charge in [0.1, 0.15) is 11.9 Å². The Morgan fingerprint density at radius 1 is 1.02 bits per heavy atom. The molecule has 0 bridgehead atoms. The Hall–Kier alpha value is -3.50. The second-order valence-corrected chi connectivity index (χ2v) is 11.1. The first-order valence-electron chi connectivity index (χ1n) is 13.4. The highest BCUT2D eigenvalue weighted by Gasteiger charge is 2.33. The number of amides is 2. The Labute approximate surface area is 239 Å². The summed E-state index contributed by atoms with van der Waals surface area (Å²) in [6.45, 7) is 10.8. The molecule has 1 fully saturated rings. The van der Waals surface area contributed by atoms with Crippen molar-refractivity contribution < 1.29 is 18.7 Å². The van der Waals surface area contributed by atoms with E-state index in [2.05, 4.69) is 20.2 Å². The molecule has 10 heteroatoms. The van der Waals surface area contributed by atoms with Crippen LogP contribution in [0.25, 0.3) is 0 Å². The minimum Gasteiger partial charge on any atom is -0.378 e. The number of hydrogen-bond acceptors (Lipinski definition) is 7. The number of anilines is 2. The van der Waals surface area contributed by atoms with Gasteiger partial charge >= 0.3 is 0 Å². The number of rotatable bonds is 10. The van der Waals surface area contributed by atoms with Crippen LogP contribution >= 0.6 is 11.8 Å². The fraction of sp³-hybridized carbons (Fsp3) is 0.400. The van der Waals surface area contributed by atoms with Crippen molar-refractivity contribution in [1.82, 2.24) is 14.9 Å². The van der Waals surface area contributed by atoms with E-state index in [1.165, 1.54) is 23.9 Å². The summed E-state index contributed by atoms with van der Waals surface area (Å²) < 4.78 is 19.0. The van der Waals surface area contributed by atoms with Gasteiger partial charge in [-0.05, 0) is 67.8 Å². The third-order valence-corrected chi connectivity index (χ3v) is 7.45. The zero-order valence-corrected chi connectivity index (χ0v) is 24.2. The molecule has 1 aliphatic rings. The molecule has 4 rings (SSSR count). The van der Waals surface area contributed by atoms with Gasteiger partial charge in [-0.25, -0.2) is 14.4 Å². The normalized spacial score (nSPS) is 14.2. The fourth-order valence-corrected chi connectivity index (χ4v) is 5.53. The maximum Gasteiger partial charge on any atom is 0.247 e. The molecule has 1 saturated heterocycles. The number of aromatic nitrogens is 2. The van der Waals surface area contributed by atoms with Gasteiger partial charge < -0.3 is 19.9 Å². The number of aryl methyl sites for hydroxylation is 2. The molecule has 2 aromatic carbocycles. The van der Waals surface area contributed by atoms with Crippen LogP contribution in [0, 0.1) is 25.6 Å². The Morgan fingerprint density at radius 3 is 2.25 bits per heavy atom. The lowest BCUT2D eigenvalue weighted by molar-refractivity contribution is -0.138. The molecule has 1 N–H and O–H groups in total. The van der Waals surface area contributed by atoms with E-state index in [9.17, 15) is 14.0 Å². The molecular weight excluding hydrogens is 529 g/mol. The number of ether oxygens (including phenoxy) is 1. The highest BCUT2D eigenvalue weighted by molar-refractivity contribution is 7.99. The molecule has 0 aliphatic carbocycles. The lowest BCUT2D eigenvalue weighted by Gasteiger charge is -2.34. The maximum atomic E-state index is 13.7. The van der Waals surface area contributed by atoms with Crippen molar-refractivity contribution in [3.63, 3.8) is 0 Å². The molecule has 0 spiro atoms. The van der Waals surface area contributed by atoms with E-state index in [1.54, 1.807) is 17.0 Å². The highest BCUT2D eigenvalue weighted by atomic mass is 32.2. The average molecular weight is 566 g/mol. The topological polar surface area (TPSA) is 87.7 Å². The molecule has 1 unspecified atom stereocenters. The van der Waals surface area contributed by atoms with Crippen molar-refractivity contribution in [2.75, 3.05) is 42.3 Å². The Kier molecular flexibility index (Phi) is 10.1. The smallest absolute Gasteiger partial charge is 0.247 e. The number of thioether (sulfide) groups is 1. The van der Waals surface area contributed by atoms with Crippen molar-refractivity contribution in [1.29, 1.82) is 0 Å². The number of benzene rings is 2. The van der Waals surface area contributed by atoms with Gasteiger partial charge in [-0.15, -0.1) is 0 Å². The summed E-state index contributed by atoms with van der Waals surface area (Å²) in [4.78, 5) is 40.0. The summed E-state index contributed by atoms with van der Waals surface area (Å²) in [6.07, 6.45) is 0. The van der Waals surface area contributed by atoms with Gasteiger partial charge in [-0.1, -0.05) is 37.7 Å². The minimum absolute atomic E-state index is 0.0643. The average Bonchev–Trinajstić information content (AvgIpc) is 2.92. The van der Waals surface area contributed by atoms with Crippen LogP contribution < -0.4 is 10.2 Å². The quantitative estimate of drug-likeness (QED) is 0.278. The largest absolute Gasteiger partial charge is 0.378 e. The first-order valence-corrected chi connectivity index (χ1v) is 14.4. The van der Waals surface area contributed by atoms with Crippen molar-refractivity contribution >= 4 is 35.0 Å². The summed E-state index contributed by atoms with van der Waals surface area (Å²) in [5.41, 5.74) is 4.10. The lowest BCUT2D eigenvalue weighted by Crippen LogP contribution is -2.50. The van der Waals surface area contributed by atoms with Gasteiger partial charge in [0.15, 0.2) is 5.16 Å². The van der Waals surface area contributed by atoms with Crippen LogP contribution in [-0.4, -0.2) is 64.8 Å². The van der Waals surface area contributed by atoms with Crippen LogP contribution in [-0.2, 0) is 20.9 Å². The molecule has 8 nitrogen and oxygen atoms in total. The number of carbonyl (C=O) groups excluding carboxylic acids is 2. The van der Waals surface area contributed by atoms with Gasteiger partial charge in [-0.2, -0.15) is 0 Å². The lowest BCUT2D eigenvalue weighted by atomic mass is 10.00. The van der Waals surface area contributed by atoms with Gasteiger partial charge in [-0.3, -0.25) is 9.59 Å². The van der Waals surface area contributed by atoms with Crippen LogP contribution in [0.4, 0.5) is 15.8 Å². The number of halogens is 1. The minimum atomic E-state index is -0.753. The first kappa shape index (κ1) is 29.5. The molecule has 3 aromatic rings. The predicted molar refractivity (Wildman–Crippen MR) is 156 cm³/mol. The van der Waals surface area contributed by atoms with E-state index in [4.69, 9.17) is 4.74 Å². The molecule has 40 heavy (non-hydrogen) atoms. The molecule has 2 heterocycles. The number of hydrogen-bond donors (Lipinski definition) is 1. The first-order chi connectivity index (χ1) is 19.2.